The van der Waals surface area contributed by atoms with Gasteiger partial charge in [0.2, 0.25) is 5.91 Å². The Kier molecular flexibility index (Phi) is 6.45. The molecule has 0 N–H and O–H groups in total. The van der Waals surface area contributed by atoms with E-state index in [4.69, 9.17) is 4.74 Å². The largest absolute Gasteiger partial charge is 0.490 e. The van der Waals surface area contributed by atoms with Crippen LogP contribution in [-0.4, -0.2) is 30.0 Å². The summed E-state index contributed by atoms with van der Waals surface area (Å²) in [6.45, 7) is 9.40. The van der Waals surface area contributed by atoms with Gasteiger partial charge in [-0.05, 0) is 25.8 Å². The first-order valence-electron chi connectivity index (χ1n) is 8.47. The van der Waals surface area contributed by atoms with Crippen molar-refractivity contribution in [2.45, 2.75) is 45.6 Å². The molecule has 0 aliphatic carbocycles. The van der Waals surface area contributed by atoms with Crippen LogP contribution in [0.1, 0.15) is 45.1 Å². The van der Waals surface area contributed by atoms with Crippen molar-refractivity contribution in [3.8, 4) is 5.75 Å². The third kappa shape index (κ3) is 4.98. The molecule has 1 aromatic carbocycles. The quantitative estimate of drug-likeness (QED) is 0.726. The Morgan fingerprint density at radius 1 is 1.35 bits per heavy atom. The second kappa shape index (κ2) is 8.56. The number of ether oxygens (including phenoxy) is 1. The highest BCUT2D eigenvalue weighted by molar-refractivity contribution is 5.76. The maximum atomic E-state index is 11.7. The van der Waals surface area contributed by atoms with Crippen molar-refractivity contribution in [1.29, 1.82) is 0 Å². The summed E-state index contributed by atoms with van der Waals surface area (Å²) in [5, 5.41) is 0. The Morgan fingerprint density at radius 2 is 2.04 bits per heavy atom. The SMILES string of the molecule is C=CC[C@H](C)Oc1ccccc1C=C1CCN(C(=O)CC)CC1. The molecule has 2 rings (SSSR count). The van der Waals surface area contributed by atoms with Crippen molar-refractivity contribution in [3.63, 3.8) is 0 Å². The van der Waals surface area contributed by atoms with Crippen LogP contribution < -0.4 is 4.74 Å². The topological polar surface area (TPSA) is 29.5 Å². The molecule has 23 heavy (non-hydrogen) atoms. The Balaban J connectivity index is 2.05. The van der Waals surface area contributed by atoms with E-state index >= 15 is 0 Å². The number of hydrogen-bond acceptors (Lipinski definition) is 2. The molecule has 1 heterocycles. The highest BCUT2D eigenvalue weighted by Gasteiger charge is 2.17. The average Bonchev–Trinajstić information content (AvgIpc) is 2.57. The molecule has 1 saturated heterocycles. The molecule has 1 amide bonds. The first-order chi connectivity index (χ1) is 11.1. The van der Waals surface area contributed by atoms with Crippen molar-refractivity contribution in [2.24, 2.45) is 0 Å². The van der Waals surface area contributed by atoms with E-state index in [2.05, 4.69) is 25.6 Å². The molecule has 0 saturated carbocycles. The first kappa shape index (κ1) is 17.3. The van der Waals surface area contributed by atoms with Crippen LogP contribution >= 0.6 is 0 Å². The highest BCUT2D eigenvalue weighted by Crippen LogP contribution is 2.26. The third-order valence-corrected chi connectivity index (χ3v) is 4.17. The van der Waals surface area contributed by atoms with Crippen molar-refractivity contribution in [1.82, 2.24) is 4.90 Å². The number of benzene rings is 1. The number of rotatable bonds is 6. The van der Waals surface area contributed by atoms with Crippen LogP contribution in [0.4, 0.5) is 0 Å². The molecule has 0 aromatic heterocycles. The van der Waals surface area contributed by atoms with E-state index < -0.39 is 0 Å². The van der Waals surface area contributed by atoms with E-state index in [0.717, 1.165) is 43.7 Å². The van der Waals surface area contributed by atoms with E-state index in [-0.39, 0.29) is 12.0 Å². The van der Waals surface area contributed by atoms with Gasteiger partial charge < -0.3 is 9.64 Å². The maximum absolute atomic E-state index is 11.7. The summed E-state index contributed by atoms with van der Waals surface area (Å²) in [6, 6.07) is 8.14. The van der Waals surface area contributed by atoms with Crippen LogP contribution in [0.2, 0.25) is 0 Å². The summed E-state index contributed by atoms with van der Waals surface area (Å²) in [5.74, 6) is 1.17. The average molecular weight is 313 g/mol. The second-order valence-electron chi connectivity index (χ2n) is 6.03. The van der Waals surface area contributed by atoms with Gasteiger partial charge in [0, 0.05) is 31.5 Å². The lowest BCUT2D eigenvalue weighted by atomic mass is 10.00. The van der Waals surface area contributed by atoms with Crippen LogP contribution in [0.25, 0.3) is 6.08 Å². The molecule has 0 bridgehead atoms. The van der Waals surface area contributed by atoms with Crippen molar-refractivity contribution >= 4 is 12.0 Å². The number of hydrogen-bond donors (Lipinski definition) is 0. The van der Waals surface area contributed by atoms with Gasteiger partial charge in [0.25, 0.3) is 0 Å². The highest BCUT2D eigenvalue weighted by atomic mass is 16.5. The fraction of sp³-hybridized carbons (Fsp3) is 0.450. The van der Waals surface area contributed by atoms with Crippen LogP contribution in [-0.2, 0) is 4.79 Å². The predicted octanol–water partition coefficient (Wildman–Crippen LogP) is 4.45. The molecule has 3 heteroatoms. The minimum Gasteiger partial charge on any atom is -0.490 e. The monoisotopic (exact) mass is 313 g/mol. The minimum absolute atomic E-state index is 0.121. The van der Waals surface area contributed by atoms with Gasteiger partial charge in [-0.3, -0.25) is 4.79 Å². The summed E-state index contributed by atoms with van der Waals surface area (Å²) in [7, 11) is 0. The molecule has 0 radical (unpaired) electrons. The van der Waals surface area contributed by atoms with Crippen LogP contribution in [0.3, 0.4) is 0 Å². The number of likely N-dealkylation sites (tertiary alicyclic amines) is 1. The summed E-state index contributed by atoms with van der Waals surface area (Å²) < 4.78 is 6.02. The van der Waals surface area contributed by atoms with Gasteiger partial charge in [-0.15, -0.1) is 6.58 Å². The van der Waals surface area contributed by atoms with Crippen molar-refractivity contribution < 1.29 is 9.53 Å². The van der Waals surface area contributed by atoms with Crippen molar-refractivity contribution in [3.05, 3.63) is 48.1 Å². The van der Waals surface area contributed by atoms with Gasteiger partial charge in [0.1, 0.15) is 5.75 Å². The maximum Gasteiger partial charge on any atom is 0.222 e. The number of amides is 1. The smallest absolute Gasteiger partial charge is 0.222 e. The molecule has 1 atom stereocenters. The fourth-order valence-electron chi connectivity index (χ4n) is 2.84. The van der Waals surface area contributed by atoms with Gasteiger partial charge in [-0.2, -0.15) is 0 Å². The molecular weight excluding hydrogens is 286 g/mol. The second-order valence-corrected chi connectivity index (χ2v) is 6.03. The lowest BCUT2D eigenvalue weighted by molar-refractivity contribution is -0.131. The lowest BCUT2D eigenvalue weighted by Gasteiger charge is -2.28. The third-order valence-electron chi connectivity index (χ3n) is 4.17. The van der Waals surface area contributed by atoms with Crippen LogP contribution in [0, 0.1) is 0 Å². The zero-order chi connectivity index (χ0) is 16.7. The van der Waals surface area contributed by atoms with E-state index in [1.165, 1.54) is 5.57 Å². The van der Waals surface area contributed by atoms with E-state index in [1.807, 2.05) is 36.1 Å². The Labute approximate surface area is 139 Å². The van der Waals surface area contributed by atoms with E-state index in [9.17, 15) is 4.79 Å². The first-order valence-corrected chi connectivity index (χ1v) is 8.47. The molecule has 0 spiro atoms. The molecule has 124 valence electrons. The number of carbonyl (C=O) groups excluding carboxylic acids is 1. The van der Waals surface area contributed by atoms with Crippen molar-refractivity contribution in [2.75, 3.05) is 13.1 Å². The Morgan fingerprint density at radius 3 is 2.70 bits per heavy atom. The standard InChI is InChI=1S/C20H27NO2/c1-4-8-16(3)23-19-10-7-6-9-18(19)15-17-11-13-21(14-12-17)20(22)5-2/h4,6-7,9-10,15-16H,1,5,8,11-14H2,2-3H3/t16-/m0/s1. The van der Waals surface area contributed by atoms with E-state index in [0.29, 0.717) is 6.42 Å². The van der Waals surface area contributed by atoms with Gasteiger partial charge in [0.15, 0.2) is 0 Å². The molecule has 3 nitrogen and oxygen atoms in total. The predicted molar refractivity (Wildman–Crippen MR) is 95.4 cm³/mol. The Bertz CT molecular complexity index is 567. The number of nitrogens with zero attached hydrogens (tertiary/aromatic N) is 1. The Hall–Kier alpha value is -2.03. The zero-order valence-corrected chi connectivity index (χ0v) is 14.3. The van der Waals surface area contributed by atoms with Crippen LogP contribution in [0.5, 0.6) is 5.75 Å². The lowest BCUT2D eigenvalue weighted by Crippen LogP contribution is -2.35. The van der Waals surface area contributed by atoms with Gasteiger partial charge in [-0.1, -0.05) is 42.8 Å². The molecule has 1 aliphatic rings. The number of para-hydroxylation sites is 1. The normalized spacial score (nSPS) is 15.9. The summed E-state index contributed by atoms with van der Waals surface area (Å²) >= 11 is 0. The number of piperidine rings is 1. The van der Waals surface area contributed by atoms with Crippen LogP contribution in [0.15, 0.2) is 42.5 Å². The molecule has 1 aliphatic heterocycles. The number of carbonyl (C=O) groups is 1. The molecule has 1 aromatic rings. The summed E-state index contributed by atoms with van der Waals surface area (Å²) in [4.78, 5) is 13.7. The minimum atomic E-state index is 0.121. The fourth-order valence-corrected chi connectivity index (χ4v) is 2.84. The van der Waals surface area contributed by atoms with Gasteiger partial charge in [0.05, 0.1) is 6.10 Å². The van der Waals surface area contributed by atoms with E-state index in [1.54, 1.807) is 0 Å². The zero-order valence-electron chi connectivity index (χ0n) is 14.3. The summed E-state index contributed by atoms with van der Waals surface area (Å²) in [6.07, 6.45) is 7.55. The van der Waals surface area contributed by atoms with Gasteiger partial charge >= 0.3 is 0 Å². The summed E-state index contributed by atoms with van der Waals surface area (Å²) in [5.41, 5.74) is 2.51. The molecule has 0 unspecified atom stereocenters. The molecular formula is C20H27NO2. The molecule has 1 fully saturated rings. The van der Waals surface area contributed by atoms with Gasteiger partial charge in [-0.25, -0.2) is 0 Å².